The van der Waals surface area contributed by atoms with E-state index in [2.05, 4.69) is 27.5 Å². The molecule has 2 aliphatic rings. The number of benzene rings is 1. The van der Waals surface area contributed by atoms with Gasteiger partial charge in [0.05, 0.1) is 0 Å². The molecule has 2 atom stereocenters. The van der Waals surface area contributed by atoms with Gasteiger partial charge in [0.15, 0.2) is 0 Å². The van der Waals surface area contributed by atoms with Crippen molar-refractivity contribution in [2.45, 2.75) is 32.1 Å². The van der Waals surface area contributed by atoms with Gasteiger partial charge >= 0.3 is 0 Å². The molecule has 1 saturated heterocycles. The van der Waals surface area contributed by atoms with Crippen molar-refractivity contribution in [3.05, 3.63) is 33.4 Å². The number of amides is 1. The van der Waals surface area contributed by atoms with Gasteiger partial charge < -0.3 is 4.90 Å². The second kappa shape index (κ2) is 5.81. The van der Waals surface area contributed by atoms with Crippen LogP contribution in [0.3, 0.4) is 0 Å². The lowest BCUT2D eigenvalue weighted by atomic mass is 9.75. The molecule has 0 unspecified atom stereocenters. The van der Waals surface area contributed by atoms with Crippen LogP contribution in [-0.2, 0) is 0 Å². The molecule has 1 saturated carbocycles. The Kier molecular flexibility index (Phi) is 4.10. The first-order valence-corrected chi connectivity index (χ1v) is 8.37. The molecule has 3 heteroatoms. The van der Waals surface area contributed by atoms with Gasteiger partial charge in [-0.2, -0.15) is 0 Å². The van der Waals surface area contributed by atoms with Crippen LogP contribution in [0.5, 0.6) is 0 Å². The van der Waals surface area contributed by atoms with Crippen LogP contribution in [0.2, 0.25) is 0 Å². The fraction of sp³-hybridized carbons (Fsp3) is 0.562. The predicted molar refractivity (Wildman–Crippen MR) is 85.1 cm³/mol. The summed E-state index contributed by atoms with van der Waals surface area (Å²) in [6.07, 6.45) is 6.66. The van der Waals surface area contributed by atoms with Crippen LogP contribution < -0.4 is 0 Å². The zero-order valence-corrected chi connectivity index (χ0v) is 13.3. The van der Waals surface area contributed by atoms with Crippen LogP contribution in [-0.4, -0.2) is 23.9 Å². The molecule has 0 bridgehead atoms. The Morgan fingerprint density at radius 1 is 1.16 bits per heavy atom. The van der Waals surface area contributed by atoms with Crippen molar-refractivity contribution in [3.8, 4) is 0 Å². The topological polar surface area (TPSA) is 20.3 Å². The number of nitrogens with zero attached hydrogens (tertiary/aromatic N) is 1. The number of carbonyl (C=O) groups excluding carboxylic acids is 1. The molecule has 2 fully saturated rings. The number of hydrogen-bond acceptors (Lipinski definition) is 1. The molecular weight excluding hydrogens is 349 g/mol. The van der Waals surface area contributed by atoms with E-state index in [0.717, 1.165) is 34.1 Å². The maximum atomic E-state index is 12.5. The molecule has 102 valence electrons. The van der Waals surface area contributed by atoms with Gasteiger partial charge in [-0.05, 0) is 65.5 Å². The first-order valence-electron chi connectivity index (χ1n) is 7.29. The number of halogens is 1. The highest BCUT2D eigenvalue weighted by Crippen LogP contribution is 2.36. The minimum atomic E-state index is 0.225. The van der Waals surface area contributed by atoms with E-state index in [1.807, 2.05) is 24.3 Å². The van der Waals surface area contributed by atoms with Crippen LogP contribution in [0.15, 0.2) is 24.3 Å². The second-order valence-corrected chi connectivity index (χ2v) is 7.10. The average molecular weight is 369 g/mol. The molecule has 1 aromatic rings. The maximum Gasteiger partial charge on any atom is 0.253 e. The number of hydrogen-bond donors (Lipinski definition) is 0. The molecule has 1 aromatic carbocycles. The van der Waals surface area contributed by atoms with E-state index in [9.17, 15) is 4.79 Å². The summed E-state index contributed by atoms with van der Waals surface area (Å²) in [5.74, 6) is 1.87. The Labute approximate surface area is 128 Å². The minimum Gasteiger partial charge on any atom is -0.338 e. The van der Waals surface area contributed by atoms with Crippen LogP contribution in [0.25, 0.3) is 0 Å². The standard InChI is InChI=1S/C16H20INO/c17-15-7-3-6-13(10-15)16(19)18-9-8-12-4-1-2-5-14(12)11-18/h3,6-7,10,12,14H,1-2,4-5,8-9,11H2/t12-,14+/m1/s1. The third-order valence-corrected chi connectivity index (χ3v) is 5.32. The molecular formula is C16H20INO. The number of piperidine rings is 1. The summed E-state index contributed by atoms with van der Waals surface area (Å²) in [7, 11) is 0. The first-order chi connectivity index (χ1) is 9.24. The molecule has 0 radical (unpaired) electrons. The van der Waals surface area contributed by atoms with E-state index in [4.69, 9.17) is 0 Å². The molecule has 0 N–H and O–H groups in total. The molecule has 1 aliphatic heterocycles. The molecule has 1 heterocycles. The van der Waals surface area contributed by atoms with Gasteiger partial charge in [-0.25, -0.2) is 0 Å². The third-order valence-electron chi connectivity index (χ3n) is 4.65. The largest absolute Gasteiger partial charge is 0.338 e. The van der Waals surface area contributed by atoms with Crippen LogP contribution >= 0.6 is 22.6 Å². The van der Waals surface area contributed by atoms with Crippen LogP contribution in [0.1, 0.15) is 42.5 Å². The van der Waals surface area contributed by atoms with Crippen molar-refractivity contribution in [2.24, 2.45) is 11.8 Å². The van der Waals surface area contributed by atoms with E-state index in [0.29, 0.717) is 0 Å². The number of fused-ring (bicyclic) bond motifs is 1. The van der Waals surface area contributed by atoms with Gasteiger partial charge in [0.1, 0.15) is 0 Å². The zero-order valence-electron chi connectivity index (χ0n) is 11.1. The Hall–Kier alpha value is -0.580. The van der Waals surface area contributed by atoms with Gasteiger partial charge in [0, 0.05) is 22.2 Å². The number of carbonyl (C=O) groups is 1. The van der Waals surface area contributed by atoms with Crippen molar-refractivity contribution in [2.75, 3.05) is 13.1 Å². The van der Waals surface area contributed by atoms with Crippen molar-refractivity contribution in [3.63, 3.8) is 0 Å². The monoisotopic (exact) mass is 369 g/mol. The average Bonchev–Trinajstić information content (AvgIpc) is 2.46. The predicted octanol–water partition coefficient (Wildman–Crippen LogP) is 3.94. The summed E-state index contributed by atoms with van der Waals surface area (Å²) in [4.78, 5) is 14.6. The van der Waals surface area contributed by atoms with Crippen molar-refractivity contribution < 1.29 is 4.79 Å². The Bertz CT molecular complexity index is 474. The third kappa shape index (κ3) is 2.96. The van der Waals surface area contributed by atoms with Crippen LogP contribution in [0.4, 0.5) is 0 Å². The van der Waals surface area contributed by atoms with Crippen LogP contribution in [0, 0.1) is 15.4 Å². The van der Waals surface area contributed by atoms with Crippen molar-refractivity contribution >= 4 is 28.5 Å². The maximum absolute atomic E-state index is 12.5. The van der Waals surface area contributed by atoms with Gasteiger partial charge in [-0.3, -0.25) is 4.79 Å². The summed E-state index contributed by atoms with van der Waals surface area (Å²) >= 11 is 2.27. The number of likely N-dealkylation sites (tertiary alicyclic amines) is 1. The Balaban J connectivity index is 1.71. The summed E-state index contributed by atoms with van der Waals surface area (Å²) in [5, 5.41) is 0. The minimum absolute atomic E-state index is 0.225. The lowest BCUT2D eigenvalue weighted by Crippen LogP contribution is -2.44. The highest BCUT2D eigenvalue weighted by molar-refractivity contribution is 14.1. The van der Waals surface area contributed by atoms with Crippen molar-refractivity contribution in [1.82, 2.24) is 4.90 Å². The van der Waals surface area contributed by atoms with Gasteiger partial charge in [0.2, 0.25) is 0 Å². The Morgan fingerprint density at radius 3 is 2.74 bits per heavy atom. The van der Waals surface area contributed by atoms with Gasteiger partial charge in [-0.15, -0.1) is 0 Å². The lowest BCUT2D eigenvalue weighted by molar-refractivity contribution is 0.0521. The fourth-order valence-electron chi connectivity index (χ4n) is 3.59. The number of rotatable bonds is 1. The Morgan fingerprint density at radius 2 is 1.95 bits per heavy atom. The first kappa shape index (κ1) is 13.4. The van der Waals surface area contributed by atoms with E-state index in [-0.39, 0.29) is 5.91 Å². The SMILES string of the molecule is O=C(c1cccc(I)c1)N1CC[C@H]2CCCC[C@H]2C1. The van der Waals surface area contributed by atoms with E-state index in [1.54, 1.807) is 0 Å². The van der Waals surface area contributed by atoms with E-state index >= 15 is 0 Å². The lowest BCUT2D eigenvalue weighted by Gasteiger charge is -2.41. The highest BCUT2D eigenvalue weighted by atomic mass is 127. The summed E-state index contributed by atoms with van der Waals surface area (Å²) < 4.78 is 1.14. The van der Waals surface area contributed by atoms with Gasteiger partial charge in [0.25, 0.3) is 5.91 Å². The van der Waals surface area contributed by atoms with Crippen molar-refractivity contribution in [1.29, 1.82) is 0 Å². The molecule has 0 spiro atoms. The smallest absolute Gasteiger partial charge is 0.253 e. The normalized spacial score (nSPS) is 26.9. The second-order valence-electron chi connectivity index (χ2n) is 5.85. The fourth-order valence-corrected chi connectivity index (χ4v) is 4.13. The molecule has 19 heavy (non-hydrogen) atoms. The van der Waals surface area contributed by atoms with E-state index in [1.165, 1.54) is 32.1 Å². The zero-order chi connectivity index (χ0) is 13.2. The molecule has 0 aromatic heterocycles. The summed E-state index contributed by atoms with van der Waals surface area (Å²) in [6.45, 7) is 1.93. The summed E-state index contributed by atoms with van der Waals surface area (Å²) in [6, 6.07) is 7.94. The van der Waals surface area contributed by atoms with Gasteiger partial charge in [-0.1, -0.05) is 25.3 Å². The molecule has 2 nitrogen and oxygen atoms in total. The summed E-state index contributed by atoms with van der Waals surface area (Å²) in [5.41, 5.74) is 0.848. The highest BCUT2D eigenvalue weighted by Gasteiger charge is 2.33. The molecule has 1 aliphatic carbocycles. The van der Waals surface area contributed by atoms with E-state index < -0.39 is 0 Å². The quantitative estimate of drug-likeness (QED) is 0.687. The molecule has 3 rings (SSSR count). The molecule has 1 amide bonds.